The second kappa shape index (κ2) is 9.05. The summed E-state index contributed by atoms with van der Waals surface area (Å²) in [5.41, 5.74) is 2.15. The molecule has 126 valence electrons. The molecule has 0 bridgehead atoms. The fraction of sp³-hybridized carbons (Fsp3) is 0.400. The zero-order valence-corrected chi connectivity index (χ0v) is 14.5. The molecule has 1 fully saturated rings. The Kier molecular flexibility index (Phi) is 6.77. The fourth-order valence-corrected chi connectivity index (χ4v) is 2.27. The van der Waals surface area contributed by atoms with Gasteiger partial charge < -0.3 is 10.1 Å². The molecule has 2 rings (SSSR count). The highest BCUT2D eigenvalue weighted by atomic mass is 16.5. The summed E-state index contributed by atoms with van der Waals surface area (Å²) in [4.78, 5) is 4.37. The van der Waals surface area contributed by atoms with Crippen molar-refractivity contribution >= 4 is 0 Å². The lowest BCUT2D eigenvalue weighted by atomic mass is 10.1. The molecule has 1 heterocycles. The van der Waals surface area contributed by atoms with Gasteiger partial charge in [0.1, 0.15) is 17.7 Å². The fourth-order valence-electron chi connectivity index (χ4n) is 2.27. The van der Waals surface area contributed by atoms with Crippen LogP contribution in [0.5, 0.6) is 5.88 Å². The van der Waals surface area contributed by atoms with Gasteiger partial charge in [-0.15, -0.1) is 0 Å². The van der Waals surface area contributed by atoms with Crippen LogP contribution in [-0.4, -0.2) is 23.7 Å². The van der Waals surface area contributed by atoms with Crippen LogP contribution in [-0.2, 0) is 0 Å². The topological polar surface area (TPSA) is 57.9 Å². The Balaban J connectivity index is 2.09. The summed E-state index contributed by atoms with van der Waals surface area (Å²) in [6, 6.07) is 6.36. The number of nitrogens with zero attached hydrogens (tertiary/aromatic N) is 2. The third-order valence-corrected chi connectivity index (χ3v) is 3.82. The van der Waals surface area contributed by atoms with E-state index in [9.17, 15) is 5.26 Å². The van der Waals surface area contributed by atoms with Crippen LogP contribution in [0.15, 0.2) is 48.6 Å². The van der Waals surface area contributed by atoms with E-state index in [-0.39, 0.29) is 6.10 Å². The number of nitriles is 1. The minimum Gasteiger partial charge on any atom is -0.468 e. The number of nitrogens with one attached hydrogen (secondary N) is 1. The van der Waals surface area contributed by atoms with Gasteiger partial charge in [0.2, 0.25) is 5.88 Å². The Bertz CT molecular complexity index is 666. The van der Waals surface area contributed by atoms with Gasteiger partial charge >= 0.3 is 0 Å². The van der Waals surface area contributed by atoms with Crippen molar-refractivity contribution in [3.8, 4) is 11.9 Å². The van der Waals surface area contributed by atoms with Gasteiger partial charge in [0.05, 0.1) is 0 Å². The average molecular weight is 323 g/mol. The Morgan fingerprint density at radius 1 is 1.50 bits per heavy atom. The van der Waals surface area contributed by atoms with Crippen molar-refractivity contribution in [2.24, 2.45) is 0 Å². The van der Waals surface area contributed by atoms with E-state index in [1.165, 1.54) is 12.8 Å². The molecule has 0 unspecified atom stereocenters. The number of pyridine rings is 1. The minimum atomic E-state index is -0.209. The first-order valence-electron chi connectivity index (χ1n) is 8.40. The maximum atomic E-state index is 9.26. The zero-order valence-electron chi connectivity index (χ0n) is 14.5. The van der Waals surface area contributed by atoms with Crippen molar-refractivity contribution in [1.29, 1.82) is 5.26 Å². The second-order valence-corrected chi connectivity index (χ2v) is 6.00. The molecule has 4 nitrogen and oxygen atoms in total. The van der Waals surface area contributed by atoms with E-state index in [1.54, 1.807) is 6.07 Å². The largest absolute Gasteiger partial charge is 0.468 e. The van der Waals surface area contributed by atoms with E-state index in [1.807, 2.05) is 44.2 Å². The molecule has 0 spiro atoms. The highest BCUT2D eigenvalue weighted by molar-refractivity contribution is 5.39. The third kappa shape index (κ3) is 5.68. The molecular weight excluding hydrogens is 298 g/mol. The van der Waals surface area contributed by atoms with Crippen LogP contribution in [0, 0.1) is 18.3 Å². The zero-order chi connectivity index (χ0) is 17.4. The summed E-state index contributed by atoms with van der Waals surface area (Å²) in [5, 5.41) is 12.8. The normalized spacial score (nSPS) is 15.5. The number of rotatable bonds is 9. The Morgan fingerprint density at radius 2 is 2.29 bits per heavy atom. The van der Waals surface area contributed by atoms with E-state index in [0.717, 1.165) is 24.2 Å². The monoisotopic (exact) mass is 323 g/mol. The van der Waals surface area contributed by atoms with E-state index in [0.29, 0.717) is 17.5 Å². The first-order valence-corrected chi connectivity index (χ1v) is 8.40. The van der Waals surface area contributed by atoms with Gasteiger partial charge in [0, 0.05) is 18.2 Å². The third-order valence-electron chi connectivity index (χ3n) is 3.82. The average Bonchev–Trinajstić information content (AvgIpc) is 3.38. The SMILES string of the molecule is C=C(/C=C\C=C/C)[C@@H](CCNC1CC1)Oc1nc(C)ccc1C#N. The maximum absolute atomic E-state index is 9.26. The van der Waals surface area contributed by atoms with Gasteiger partial charge in [0.25, 0.3) is 0 Å². The molecular formula is C20H25N3O. The number of aromatic nitrogens is 1. The minimum absolute atomic E-state index is 0.209. The molecule has 1 aromatic heterocycles. The lowest BCUT2D eigenvalue weighted by molar-refractivity contribution is 0.219. The van der Waals surface area contributed by atoms with Crippen LogP contribution in [0.3, 0.4) is 0 Å². The second-order valence-electron chi connectivity index (χ2n) is 6.00. The Labute approximate surface area is 144 Å². The molecule has 1 N–H and O–H groups in total. The molecule has 1 aliphatic rings. The summed E-state index contributed by atoms with van der Waals surface area (Å²) in [7, 11) is 0. The van der Waals surface area contributed by atoms with E-state index in [2.05, 4.69) is 22.9 Å². The van der Waals surface area contributed by atoms with Crippen LogP contribution >= 0.6 is 0 Å². The summed E-state index contributed by atoms with van der Waals surface area (Å²) in [6.45, 7) is 8.85. The molecule has 0 saturated heterocycles. The van der Waals surface area contributed by atoms with Crippen LogP contribution in [0.4, 0.5) is 0 Å². The molecule has 0 amide bonds. The maximum Gasteiger partial charge on any atom is 0.232 e. The summed E-state index contributed by atoms with van der Waals surface area (Å²) in [5.74, 6) is 0.384. The summed E-state index contributed by atoms with van der Waals surface area (Å²) in [6.07, 6.45) is 10.9. The van der Waals surface area contributed by atoms with Crippen molar-refractivity contribution in [3.05, 3.63) is 59.8 Å². The number of hydrogen-bond donors (Lipinski definition) is 1. The molecule has 0 aliphatic heterocycles. The van der Waals surface area contributed by atoms with Crippen molar-refractivity contribution in [2.45, 2.75) is 45.3 Å². The van der Waals surface area contributed by atoms with Gasteiger partial charge in [-0.2, -0.15) is 5.26 Å². The Hall–Kier alpha value is -2.38. The molecule has 1 aliphatic carbocycles. The quantitative estimate of drug-likeness (QED) is 0.702. The number of aryl methyl sites for hydroxylation is 1. The van der Waals surface area contributed by atoms with Gasteiger partial charge in [-0.05, 0) is 50.9 Å². The van der Waals surface area contributed by atoms with Crippen LogP contribution in [0.25, 0.3) is 0 Å². The Morgan fingerprint density at radius 3 is 2.96 bits per heavy atom. The first-order chi connectivity index (χ1) is 11.6. The number of allylic oxidation sites excluding steroid dienone is 3. The summed E-state index contributed by atoms with van der Waals surface area (Å²) < 4.78 is 6.06. The van der Waals surface area contributed by atoms with Gasteiger partial charge in [0.15, 0.2) is 0 Å². The van der Waals surface area contributed by atoms with Gasteiger partial charge in [-0.25, -0.2) is 4.98 Å². The smallest absolute Gasteiger partial charge is 0.232 e. The standard InChI is InChI=1S/C20H25N3O/c1-4-5-6-7-15(2)19(12-13-22-18-10-11-18)24-20-17(14-21)9-8-16(3)23-20/h4-9,18-19,22H,2,10-13H2,1,3H3/b5-4-,7-6-/t19-/m1/s1. The van der Waals surface area contributed by atoms with Crippen molar-refractivity contribution < 1.29 is 4.74 Å². The van der Waals surface area contributed by atoms with Crippen LogP contribution in [0.2, 0.25) is 0 Å². The van der Waals surface area contributed by atoms with Crippen LogP contribution in [0.1, 0.15) is 37.4 Å². The van der Waals surface area contributed by atoms with E-state index >= 15 is 0 Å². The highest BCUT2D eigenvalue weighted by Gasteiger charge is 2.22. The number of ether oxygens (including phenoxy) is 1. The van der Waals surface area contributed by atoms with Crippen LogP contribution < -0.4 is 10.1 Å². The lowest BCUT2D eigenvalue weighted by Gasteiger charge is -2.20. The molecule has 24 heavy (non-hydrogen) atoms. The first kappa shape index (κ1) is 18.0. The number of hydrogen-bond acceptors (Lipinski definition) is 4. The molecule has 4 heteroatoms. The summed E-state index contributed by atoms with van der Waals surface area (Å²) >= 11 is 0. The molecule has 0 radical (unpaired) electrons. The van der Waals surface area contributed by atoms with Crippen molar-refractivity contribution in [3.63, 3.8) is 0 Å². The molecule has 1 saturated carbocycles. The van der Waals surface area contributed by atoms with Gasteiger partial charge in [-0.1, -0.05) is 30.9 Å². The predicted octanol–water partition coefficient (Wildman–Crippen LogP) is 3.84. The van der Waals surface area contributed by atoms with E-state index < -0.39 is 0 Å². The van der Waals surface area contributed by atoms with Gasteiger partial charge in [-0.3, -0.25) is 0 Å². The highest BCUT2D eigenvalue weighted by Crippen LogP contribution is 2.22. The molecule has 1 atom stereocenters. The lowest BCUT2D eigenvalue weighted by Crippen LogP contribution is -2.27. The van der Waals surface area contributed by atoms with E-state index in [4.69, 9.17) is 4.74 Å². The van der Waals surface area contributed by atoms with Crippen molar-refractivity contribution in [1.82, 2.24) is 10.3 Å². The molecule has 1 aromatic rings. The molecule has 0 aromatic carbocycles. The predicted molar refractivity (Wildman–Crippen MR) is 96.8 cm³/mol. The van der Waals surface area contributed by atoms with Crippen molar-refractivity contribution in [2.75, 3.05) is 6.54 Å².